The topological polar surface area (TPSA) is 37.4 Å². The molecule has 1 saturated heterocycles. The van der Waals surface area contributed by atoms with Crippen LogP contribution < -0.4 is 0 Å². The molecule has 2 saturated carbocycles. The Labute approximate surface area is 130 Å². The van der Waals surface area contributed by atoms with E-state index in [0.717, 1.165) is 38.5 Å². The van der Waals surface area contributed by atoms with E-state index in [-0.39, 0.29) is 29.7 Å². The van der Waals surface area contributed by atoms with Gasteiger partial charge in [0.15, 0.2) is 0 Å². The molecule has 3 aliphatic rings. The Morgan fingerprint density at radius 3 is 1.79 bits per heavy atom. The molecule has 0 N–H and O–H groups in total. The molecule has 1 heterocycles. The quantitative estimate of drug-likeness (QED) is 0.507. The first-order valence-electron chi connectivity index (χ1n) is 7.24. The van der Waals surface area contributed by atoms with Crippen LogP contribution in [-0.4, -0.2) is 32.4 Å². The number of fused-ring (bicyclic) bond motifs is 1. The number of nitrogens with zero attached hydrogens (tertiary/aromatic N) is 1. The molecule has 106 valence electrons. The minimum absolute atomic E-state index is 0.0763. The maximum atomic E-state index is 12.6. The fourth-order valence-corrected chi connectivity index (χ4v) is 5.06. The van der Waals surface area contributed by atoms with Gasteiger partial charge in [-0.3, -0.25) is 14.5 Å². The van der Waals surface area contributed by atoms with Gasteiger partial charge in [-0.1, -0.05) is 51.1 Å². The fourth-order valence-electron chi connectivity index (χ4n) is 3.82. The second-order valence-corrected chi connectivity index (χ2v) is 8.41. The van der Waals surface area contributed by atoms with Crippen molar-refractivity contribution in [2.75, 3.05) is 0 Å². The lowest BCUT2D eigenvalue weighted by molar-refractivity contribution is -0.143. The van der Waals surface area contributed by atoms with Crippen LogP contribution in [0.15, 0.2) is 0 Å². The van der Waals surface area contributed by atoms with Gasteiger partial charge in [0.1, 0.15) is 0 Å². The van der Waals surface area contributed by atoms with Gasteiger partial charge in [0.25, 0.3) is 0 Å². The summed E-state index contributed by atoms with van der Waals surface area (Å²) in [6, 6.07) is 0.182. The van der Waals surface area contributed by atoms with Gasteiger partial charge in [-0.05, 0) is 25.7 Å². The van der Waals surface area contributed by atoms with E-state index in [1.807, 2.05) is 0 Å². The van der Waals surface area contributed by atoms with Gasteiger partial charge in [-0.2, -0.15) is 0 Å². The molecule has 2 amide bonds. The summed E-state index contributed by atoms with van der Waals surface area (Å²) in [6.07, 6.45) is 7.13. The highest BCUT2D eigenvalue weighted by atomic mass is 79.9. The van der Waals surface area contributed by atoms with Crippen molar-refractivity contribution in [1.82, 2.24) is 4.90 Å². The van der Waals surface area contributed by atoms with E-state index < -0.39 is 0 Å². The lowest BCUT2D eigenvalue weighted by Crippen LogP contribution is -2.41. The van der Waals surface area contributed by atoms with Crippen molar-refractivity contribution in [3.8, 4) is 0 Å². The Balaban J connectivity index is 1.80. The molecule has 0 bridgehead atoms. The number of amides is 2. The molecule has 4 atom stereocenters. The highest BCUT2D eigenvalue weighted by Crippen LogP contribution is 2.44. The maximum absolute atomic E-state index is 12.6. The number of carbonyl (C=O) groups excluding carboxylic acids is 2. The van der Waals surface area contributed by atoms with Crippen molar-refractivity contribution in [1.29, 1.82) is 0 Å². The number of hydrogen-bond donors (Lipinski definition) is 0. The molecule has 0 aromatic rings. The van der Waals surface area contributed by atoms with Crippen molar-refractivity contribution in [2.24, 2.45) is 11.8 Å². The molecule has 0 aromatic heterocycles. The molecule has 3 rings (SSSR count). The number of imide groups is 1. The molecule has 3 fully saturated rings. The average Bonchev–Trinajstić information content (AvgIpc) is 2.64. The molecule has 0 spiro atoms. The number of likely N-dealkylation sites (tertiary alicyclic amines) is 1. The van der Waals surface area contributed by atoms with Crippen LogP contribution in [-0.2, 0) is 9.59 Å². The van der Waals surface area contributed by atoms with Crippen LogP contribution in [0.5, 0.6) is 0 Å². The monoisotopic (exact) mass is 391 g/mol. The third-order valence-electron chi connectivity index (χ3n) is 4.89. The van der Waals surface area contributed by atoms with Crippen LogP contribution in [0.4, 0.5) is 0 Å². The Hall–Kier alpha value is 0.1000. The third kappa shape index (κ3) is 2.41. The van der Waals surface area contributed by atoms with Gasteiger partial charge in [0, 0.05) is 15.7 Å². The molecular formula is C14H19Br2NO2. The summed E-state index contributed by atoms with van der Waals surface area (Å²) in [5.74, 6) is 0.0525. The number of halogens is 2. The van der Waals surface area contributed by atoms with Crippen LogP contribution in [0.2, 0.25) is 0 Å². The molecule has 0 radical (unpaired) electrons. The number of alkyl halides is 2. The first kappa shape index (κ1) is 14.1. The Bertz CT molecular complexity index is 367. The normalized spacial score (nSPS) is 40.6. The van der Waals surface area contributed by atoms with Gasteiger partial charge in [-0.15, -0.1) is 0 Å². The summed E-state index contributed by atoms with van der Waals surface area (Å²) < 4.78 is 0. The smallest absolute Gasteiger partial charge is 0.233 e. The Morgan fingerprint density at radius 2 is 1.32 bits per heavy atom. The third-order valence-corrected chi connectivity index (χ3v) is 7.62. The molecule has 3 nitrogen and oxygen atoms in total. The Kier molecular flexibility index (Phi) is 4.05. The van der Waals surface area contributed by atoms with E-state index in [4.69, 9.17) is 0 Å². The molecule has 19 heavy (non-hydrogen) atoms. The minimum Gasteiger partial charge on any atom is -0.279 e. The van der Waals surface area contributed by atoms with Gasteiger partial charge in [0.05, 0.1) is 11.8 Å². The summed E-state index contributed by atoms with van der Waals surface area (Å²) in [6.45, 7) is 0. The molecule has 2 aliphatic carbocycles. The molecule has 0 aromatic carbocycles. The summed E-state index contributed by atoms with van der Waals surface area (Å²) in [5, 5.41) is 0. The van der Waals surface area contributed by atoms with E-state index in [1.54, 1.807) is 4.90 Å². The highest BCUT2D eigenvalue weighted by molar-refractivity contribution is 9.12. The van der Waals surface area contributed by atoms with E-state index >= 15 is 0 Å². The van der Waals surface area contributed by atoms with Gasteiger partial charge >= 0.3 is 0 Å². The first-order chi connectivity index (χ1) is 9.09. The second-order valence-electron chi connectivity index (χ2n) is 6.05. The maximum Gasteiger partial charge on any atom is 0.233 e. The van der Waals surface area contributed by atoms with E-state index in [0.29, 0.717) is 9.65 Å². The number of rotatable bonds is 1. The van der Waals surface area contributed by atoms with Gasteiger partial charge in [0.2, 0.25) is 11.8 Å². The van der Waals surface area contributed by atoms with Crippen molar-refractivity contribution in [3.63, 3.8) is 0 Å². The lowest BCUT2D eigenvalue weighted by atomic mass is 9.81. The van der Waals surface area contributed by atoms with E-state index in [2.05, 4.69) is 31.9 Å². The summed E-state index contributed by atoms with van der Waals surface area (Å²) in [5.41, 5.74) is 0. The summed E-state index contributed by atoms with van der Waals surface area (Å²) in [7, 11) is 0. The van der Waals surface area contributed by atoms with Crippen LogP contribution in [0.3, 0.4) is 0 Å². The summed E-state index contributed by atoms with van der Waals surface area (Å²) >= 11 is 7.25. The molecule has 0 unspecified atom stereocenters. The van der Waals surface area contributed by atoms with Crippen LogP contribution in [0.25, 0.3) is 0 Å². The zero-order chi connectivity index (χ0) is 13.6. The summed E-state index contributed by atoms with van der Waals surface area (Å²) in [4.78, 5) is 27.4. The molecule has 1 aliphatic heterocycles. The highest BCUT2D eigenvalue weighted by Gasteiger charge is 2.53. The van der Waals surface area contributed by atoms with Crippen molar-refractivity contribution >= 4 is 43.7 Å². The fraction of sp³-hybridized carbons (Fsp3) is 0.857. The SMILES string of the molecule is O=C1[C@H]2C[C@@H](Br)[C@@H](Br)C[C@H]2C(=O)N1C1CCCCC1. The largest absolute Gasteiger partial charge is 0.279 e. The zero-order valence-corrected chi connectivity index (χ0v) is 14.0. The minimum atomic E-state index is -0.0763. The standard InChI is InChI=1S/C14H19Br2NO2/c15-11-6-9-10(7-12(11)16)14(19)17(13(9)18)8-4-2-1-3-5-8/h8-12H,1-7H2/t9-,10+,11+,12-. The Morgan fingerprint density at radius 1 is 0.842 bits per heavy atom. The first-order valence-corrected chi connectivity index (χ1v) is 9.07. The number of hydrogen-bond acceptors (Lipinski definition) is 2. The molecular weight excluding hydrogens is 374 g/mol. The zero-order valence-electron chi connectivity index (χ0n) is 10.9. The van der Waals surface area contributed by atoms with Crippen LogP contribution in [0.1, 0.15) is 44.9 Å². The average molecular weight is 393 g/mol. The van der Waals surface area contributed by atoms with Crippen LogP contribution >= 0.6 is 31.9 Å². The van der Waals surface area contributed by atoms with Crippen LogP contribution in [0, 0.1) is 11.8 Å². The van der Waals surface area contributed by atoms with E-state index in [1.165, 1.54) is 6.42 Å². The van der Waals surface area contributed by atoms with Crippen molar-refractivity contribution in [3.05, 3.63) is 0 Å². The van der Waals surface area contributed by atoms with E-state index in [9.17, 15) is 9.59 Å². The van der Waals surface area contributed by atoms with Crippen molar-refractivity contribution < 1.29 is 9.59 Å². The number of carbonyl (C=O) groups is 2. The second kappa shape index (κ2) is 5.47. The van der Waals surface area contributed by atoms with Gasteiger partial charge < -0.3 is 0 Å². The van der Waals surface area contributed by atoms with Gasteiger partial charge in [-0.25, -0.2) is 0 Å². The predicted octanol–water partition coefficient (Wildman–Crippen LogP) is 3.24. The van der Waals surface area contributed by atoms with Crippen molar-refractivity contribution in [2.45, 2.75) is 60.6 Å². The predicted molar refractivity (Wildman–Crippen MR) is 80.4 cm³/mol. The lowest BCUT2D eigenvalue weighted by Gasteiger charge is -2.29. The molecule has 5 heteroatoms.